The number of amides is 1. The van der Waals surface area contributed by atoms with E-state index in [4.69, 9.17) is 10.00 Å². The topological polar surface area (TPSA) is 91.1 Å². The highest BCUT2D eigenvalue weighted by molar-refractivity contribution is 5.68. The molecule has 1 aromatic rings. The van der Waals surface area contributed by atoms with Gasteiger partial charge < -0.3 is 15.0 Å². The molecule has 1 saturated heterocycles. The van der Waals surface area contributed by atoms with Crippen molar-refractivity contribution in [1.82, 2.24) is 14.9 Å². The number of hydrogen-bond donors (Lipinski definition) is 1. The Morgan fingerprint density at radius 1 is 1.57 bits per heavy atom. The quantitative estimate of drug-likeness (QED) is 0.892. The fraction of sp³-hybridized carbons (Fsp3) is 0.571. The molecule has 1 amide bonds. The molecule has 1 aromatic heterocycles. The molecule has 7 nitrogen and oxygen atoms in total. The van der Waals surface area contributed by atoms with E-state index in [1.807, 2.05) is 26.8 Å². The number of likely N-dealkylation sites (tertiary alicyclic amines) is 1. The molecule has 1 aliphatic rings. The average Bonchev–Trinajstić information content (AvgIpc) is 2.85. The van der Waals surface area contributed by atoms with E-state index in [1.54, 1.807) is 11.0 Å². The van der Waals surface area contributed by atoms with Crippen LogP contribution in [0.5, 0.6) is 0 Å². The monoisotopic (exact) mass is 289 g/mol. The van der Waals surface area contributed by atoms with E-state index in [1.165, 1.54) is 6.20 Å². The van der Waals surface area contributed by atoms with Crippen LogP contribution < -0.4 is 5.32 Å². The summed E-state index contributed by atoms with van der Waals surface area (Å²) in [5.41, 5.74) is -0.489. The van der Waals surface area contributed by atoms with E-state index in [0.29, 0.717) is 18.9 Å². The van der Waals surface area contributed by atoms with Crippen LogP contribution in [-0.2, 0) is 4.74 Å². The molecule has 0 saturated carbocycles. The Balaban J connectivity index is 1.91. The van der Waals surface area contributed by atoms with E-state index < -0.39 is 5.60 Å². The highest BCUT2D eigenvalue weighted by Crippen LogP contribution is 2.17. The second kappa shape index (κ2) is 5.95. The van der Waals surface area contributed by atoms with Crippen molar-refractivity contribution < 1.29 is 9.53 Å². The molecular weight excluding hydrogens is 270 g/mol. The largest absolute Gasteiger partial charge is 0.444 e. The first-order valence-corrected chi connectivity index (χ1v) is 6.85. The predicted molar refractivity (Wildman–Crippen MR) is 76.6 cm³/mol. The van der Waals surface area contributed by atoms with Gasteiger partial charge in [0.05, 0.1) is 0 Å². The molecule has 21 heavy (non-hydrogen) atoms. The number of ether oxygens (including phenoxy) is 1. The summed E-state index contributed by atoms with van der Waals surface area (Å²) in [6, 6.07) is 3.70. The Morgan fingerprint density at radius 2 is 2.33 bits per heavy atom. The van der Waals surface area contributed by atoms with E-state index >= 15 is 0 Å². The van der Waals surface area contributed by atoms with Crippen molar-refractivity contribution in [2.24, 2.45) is 0 Å². The van der Waals surface area contributed by atoms with Crippen molar-refractivity contribution >= 4 is 11.9 Å². The lowest BCUT2D eigenvalue weighted by Gasteiger charge is -2.24. The summed E-state index contributed by atoms with van der Waals surface area (Å²) in [5.74, 6) is 0.722. The standard InChI is InChI=1S/C14H19N5O2/c1-14(2,3)21-13(20)19-7-5-10(9-19)17-11-4-6-16-12(8-15)18-11/h4,6,10H,5,7,9H2,1-3H3,(H,16,17,18). The first-order chi connectivity index (χ1) is 9.87. The summed E-state index contributed by atoms with van der Waals surface area (Å²) in [5, 5.41) is 12.0. The zero-order chi connectivity index (χ0) is 15.5. The molecule has 0 aromatic carbocycles. The van der Waals surface area contributed by atoms with Gasteiger partial charge in [-0.3, -0.25) is 0 Å². The maximum absolute atomic E-state index is 12.0. The minimum Gasteiger partial charge on any atom is -0.444 e. The lowest BCUT2D eigenvalue weighted by atomic mass is 10.2. The number of nitrogens with zero attached hydrogens (tertiary/aromatic N) is 4. The number of hydrogen-bond acceptors (Lipinski definition) is 6. The Hall–Kier alpha value is -2.36. The summed E-state index contributed by atoms with van der Waals surface area (Å²) in [6.45, 7) is 6.74. The Bertz CT molecular complexity index is 561. The number of nitrogens with one attached hydrogen (secondary N) is 1. The Kier molecular flexibility index (Phi) is 4.26. The van der Waals surface area contributed by atoms with Crippen LogP contribution in [0.1, 0.15) is 33.0 Å². The number of carbonyl (C=O) groups excluding carboxylic acids is 1. The van der Waals surface area contributed by atoms with Gasteiger partial charge in [-0.2, -0.15) is 5.26 Å². The molecule has 2 rings (SSSR count). The first kappa shape index (κ1) is 15.0. The second-order valence-electron chi connectivity index (χ2n) is 5.93. The van der Waals surface area contributed by atoms with Gasteiger partial charge in [0.15, 0.2) is 0 Å². The minimum atomic E-state index is -0.489. The number of anilines is 1. The van der Waals surface area contributed by atoms with Crippen molar-refractivity contribution in [2.45, 2.75) is 38.8 Å². The lowest BCUT2D eigenvalue weighted by molar-refractivity contribution is 0.0293. The SMILES string of the molecule is CC(C)(C)OC(=O)N1CCC(Nc2ccnc(C#N)n2)C1. The van der Waals surface area contributed by atoms with Gasteiger partial charge in [-0.1, -0.05) is 0 Å². The fourth-order valence-electron chi connectivity index (χ4n) is 2.07. The van der Waals surface area contributed by atoms with Crippen molar-refractivity contribution in [3.8, 4) is 6.07 Å². The summed E-state index contributed by atoms with van der Waals surface area (Å²) in [7, 11) is 0. The zero-order valence-electron chi connectivity index (χ0n) is 12.5. The summed E-state index contributed by atoms with van der Waals surface area (Å²) in [4.78, 5) is 21.5. The summed E-state index contributed by atoms with van der Waals surface area (Å²) in [6.07, 6.45) is 2.05. The Morgan fingerprint density at radius 3 is 3.00 bits per heavy atom. The molecule has 1 aliphatic heterocycles. The Labute approximate surface area is 123 Å². The maximum atomic E-state index is 12.0. The van der Waals surface area contributed by atoms with Gasteiger partial charge in [-0.25, -0.2) is 14.8 Å². The van der Waals surface area contributed by atoms with Gasteiger partial charge in [-0.05, 0) is 33.3 Å². The number of carbonyl (C=O) groups is 1. The van der Waals surface area contributed by atoms with Gasteiger partial charge in [0.2, 0.25) is 5.82 Å². The average molecular weight is 289 g/mol. The van der Waals surface area contributed by atoms with E-state index in [0.717, 1.165) is 6.42 Å². The highest BCUT2D eigenvalue weighted by atomic mass is 16.6. The van der Waals surface area contributed by atoms with Crippen LogP contribution in [-0.4, -0.2) is 45.7 Å². The third-order valence-corrected chi connectivity index (χ3v) is 2.95. The van der Waals surface area contributed by atoms with Gasteiger partial charge in [0.1, 0.15) is 17.5 Å². The molecular formula is C14H19N5O2. The molecule has 2 heterocycles. The molecule has 1 fully saturated rings. The van der Waals surface area contributed by atoms with E-state index in [2.05, 4.69) is 15.3 Å². The molecule has 0 radical (unpaired) electrons. The second-order valence-corrected chi connectivity index (χ2v) is 5.93. The van der Waals surface area contributed by atoms with E-state index in [-0.39, 0.29) is 18.0 Å². The van der Waals surface area contributed by atoms with Crippen molar-refractivity contribution in [1.29, 1.82) is 5.26 Å². The van der Waals surface area contributed by atoms with Gasteiger partial charge in [0.25, 0.3) is 0 Å². The third kappa shape index (κ3) is 4.31. The molecule has 1 unspecified atom stereocenters. The number of rotatable bonds is 2. The van der Waals surface area contributed by atoms with Crippen molar-refractivity contribution in [3.05, 3.63) is 18.1 Å². The molecule has 1 atom stereocenters. The van der Waals surface area contributed by atoms with Gasteiger partial charge >= 0.3 is 6.09 Å². The summed E-state index contributed by atoms with van der Waals surface area (Å²) >= 11 is 0. The molecule has 0 aliphatic carbocycles. The summed E-state index contributed by atoms with van der Waals surface area (Å²) < 4.78 is 5.35. The molecule has 0 bridgehead atoms. The van der Waals surface area contributed by atoms with Crippen LogP contribution in [0, 0.1) is 11.3 Å². The van der Waals surface area contributed by atoms with Crippen LogP contribution in [0.25, 0.3) is 0 Å². The maximum Gasteiger partial charge on any atom is 0.410 e. The van der Waals surface area contributed by atoms with Crippen molar-refractivity contribution in [3.63, 3.8) is 0 Å². The lowest BCUT2D eigenvalue weighted by Crippen LogP contribution is -2.36. The zero-order valence-corrected chi connectivity index (χ0v) is 12.5. The molecule has 7 heteroatoms. The number of aromatic nitrogens is 2. The molecule has 0 spiro atoms. The van der Waals surface area contributed by atoms with Crippen LogP contribution in [0.3, 0.4) is 0 Å². The van der Waals surface area contributed by atoms with Crippen LogP contribution in [0.2, 0.25) is 0 Å². The van der Waals surface area contributed by atoms with Crippen LogP contribution in [0.15, 0.2) is 12.3 Å². The van der Waals surface area contributed by atoms with Crippen LogP contribution in [0.4, 0.5) is 10.6 Å². The predicted octanol–water partition coefficient (Wildman–Crippen LogP) is 1.77. The van der Waals surface area contributed by atoms with Crippen LogP contribution >= 0.6 is 0 Å². The van der Waals surface area contributed by atoms with E-state index in [9.17, 15) is 4.79 Å². The number of nitriles is 1. The van der Waals surface area contributed by atoms with Gasteiger partial charge in [-0.15, -0.1) is 0 Å². The fourth-order valence-corrected chi connectivity index (χ4v) is 2.07. The first-order valence-electron chi connectivity index (χ1n) is 6.85. The molecule has 1 N–H and O–H groups in total. The smallest absolute Gasteiger partial charge is 0.410 e. The molecule has 112 valence electrons. The third-order valence-electron chi connectivity index (χ3n) is 2.95. The minimum absolute atomic E-state index is 0.0963. The normalized spacial score (nSPS) is 18.2. The van der Waals surface area contributed by atoms with Crippen molar-refractivity contribution in [2.75, 3.05) is 18.4 Å². The van der Waals surface area contributed by atoms with Gasteiger partial charge in [0, 0.05) is 25.3 Å². The highest BCUT2D eigenvalue weighted by Gasteiger charge is 2.29.